The molecule has 0 saturated heterocycles. The van der Waals surface area contributed by atoms with Gasteiger partial charge in [0.15, 0.2) is 0 Å². The van der Waals surface area contributed by atoms with E-state index in [2.05, 4.69) is 0 Å². The third-order valence-electron chi connectivity index (χ3n) is 4.94. The molecule has 1 heterocycles. The molecule has 0 spiro atoms. The fraction of sp³-hybridized carbons (Fsp3) is 0.0833. The molecule has 0 aliphatic carbocycles. The van der Waals surface area contributed by atoms with Crippen LogP contribution in [0.1, 0.15) is 21.5 Å². The van der Waals surface area contributed by atoms with Gasteiger partial charge in [0.05, 0.1) is 21.9 Å². The average molecular weight is 413 g/mol. The standard InChI is InChI=1S/C24H19N3O4/c1-17-21(13-8-14-22(17)27(29)30)24(28)31-16-19-15-26(20-11-6-3-7-12-20)25-23(19)18-9-4-2-5-10-18/h2-15H,16H2,1H3. The lowest BCUT2D eigenvalue weighted by Gasteiger charge is -2.07. The SMILES string of the molecule is Cc1c(C(=O)OCc2cn(-c3ccccc3)nc2-c2ccccc2)cccc1[N+](=O)[O-]. The molecule has 0 unspecified atom stereocenters. The van der Waals surface area contributed by atoms with Gasteiger partial charge in [-0.25, -0.2) is 9.48 Å². The number of carbonyl (C=O) groups excluding carboxylic acids is 1. The lowest BCUT2D eigenvalue weighted by Crippen LogP contribution is -2.08. The van der Waals surface area contributed by atoms with E-state index in [1.54, 1.807) is 4.68 Å². The molecule has 0 aliphatic rings. The van der Waals surface area contributed by atoms with Crippen LogP contribution in [-0.2, 0) is 11.3 Å². The number of ether oxygens (including phenoxy) is 1. The van der Waals surface area contributed by atoms with Gasteiger partial charge in [-0.1, -0.05) is 54.6 Å². The molecule has 0 fully saturated rings. The van der Waals surface area contributed by atoms with Crippen LogP contribution in [0.15, 0.2) is 85.1 Å². The molecule has 7 nitrogen and oxygen atoms in total. The number of hydrogen-bond donors (Lipinski definition) is 0. The number of nitro benzene ring substituents is 1. The largest absolute Gasteiger partial charge is 0.457 e. The Bertz CT molecular complexity index is 1230. The first-order chi connectivity index (χ1) is 15.0. The van der Waals surface area contributed by atoms with Crippen LogP contribution >= 0.6 is 0 Å². The summed E-state index contributed by atoms with van der Waals surface area (Å²) >= 11 is 0. The maximum absolute atomic E-state index is 12.7. The number of hydrogen-bond acceptors (Lipinski definition) is 5. The van der Waals surface area contributed by atoms with Gasteiger partial charge in [-0.15, -0.1) is 0 Å². The number of esters is 1. The van der Waals surface area contributed by atoms with Crippen molar-refractivity contribution in [3.05, 3.63) is 112 Å². The third-order valence-corrected chi connectivity index (χ3v) is 4.94. The van der Waals surface area contributed by atoms with Gasteiger partial charge < -0.3 is 4.74 Å². The van der Waals surface area contributed by atoms with Crippen LogP contribution in [0, 0.1) is 17.0 Å². The Morgan fingerprint density at radius 2 is 1.68 bits per heavy atom. The van der Waals surface area contributed by atoms with Crippen molar-refractivity contribution >= 4 is 11.7 Å². The van der Waals surface area contributed by atoms with Gasteiger partial charge in [0.2, 0.25) is 0 Å². The summed E-state index contributed by atoms with van der Waals surface area (Å²) in [6, 6.07) is 23.6. The normalized spacial score (nSPS) is 10.6. The van der Waals surface area contributed by atoms with Gasteiger partial charge in [0.25, 0.3) is 5.69 Å². The van der Waals surface area contributed by atoms with E-state index in [0.29, 0.717) is 5.69 Å². The summed E-state index contributed by atoms with van der Waals surface area (Å²) in [5.41, 5.74) is 3.55. The van der Waals surface area contributed by atoms with Crippen LogP contribution in [0.25, 0.3) is 16.9 Å². The zero-order valence-electron chi connectivity index (χ0n) is 16.8. The number of nitro groups is 1. The van der Waals surface area contributed by atoms with E-state index in [4.69, 9.17) is 9.84 Å². The highest BCUT2D eigenvalue weighted by Gasteiger charge is 2.20. The molecule has 4 rings (SSSR count). The summed E-state index contributed by atoms with van der Waals surface area (Å²) < 4.78 is 7.27. The number of para-hydroxylation sites is 1. The first-order valence-corrected chi connectivity index (χ1v) is 9.65. The van der Waals surface area contributed by atoms with Gasteiger partial charge in [-0.2, -0.15) is 5.10 Å². The molecule has 1 aromatic heterocycles. The van der Waals surface area contributed by atoms with E-state index in [0.717, 1.165) is 16.8 Å². The maximum Gasteiger partial charge on any atom is 0.338 e. The highest BCUT2D eigenvalue weighted by molar-refractivity contribution is 5.92. The third kappa shape index (κ3) is 4.20. The van der Waals surface area contributed by atoms with Gasteiger partial charge in [-0.05, 0) is 25.1 Å². The minimum Gasteiger partial charge on any atom is -0.457 e. The van der Waals surface area contributed by atoms with E-state index in [1.165, 1.54) is 25.1 Å². The van der Waals surface area contributed by atoms with E-state index in [-0.39, 0.29) is 23.4 Å². The first kappa shape index (κ1) is 20.0. The number of benzene rings is 3. The monoisotopic (exact) mass is 413 g/mol. The fourth-order valence-electron chi connectivity index (χ4n) is 3.33. The molecular weight excluding hydrogens is 394 g/mol. The summed E-state index contributed by atoms with van der Waals surface area (Å²) in [5, 5.41) is 15.8. The summed E-state index contributed by atoms with van der Waals surface area (Å²) in [6.45, 7) is 1.52. The van der Waals surface area contributed by atoms with Crippen LogP contribution in [0.2, 0.25) is 0 Å². The van der Waals surface area contributed by atoms with Crippen LogP contribution in [0.3, 0.4) is 0 Å². The van der Waals surface area contributed by atoms with Crippen molar-refractivity contribution in [1.82, 2.24) is 9.78 Å². The van der Waals surface area contributed by atoms with Crippen LogP contribution in [0.4, 0.5) is 5.69 Å². The second-order valence-electron chi connectivity index (χ2n) is 6.93. The van der Waals surface area contributed by atoms with E-state index >= 15 is 0 Å². The van der Waals surface area contributed by atoms with Crippen molar-refractivity contribution in [2.75, 3.05) is 0 Å². The Hall–Kier alpha value is -4.26. The molecule has 0 aliphatic heterocycles. The zero-order valence-corrected chi connectivity index (χ0v) is 16.8. The van der Waals surface area contributed by atoms with Crippen LogP contribution in [-0.4, -0.2) is 20.7 Å². The maximum atomic E-state index is 12.7. The van der Waals surface area contributed by atoms with Crippen molar-refractivity contribution in [3.8, 4) is 16.9 Å². The van der Waals surface area contributed by atoms with Crippen molar-refractivity contribution in [3.63, 3.8) is 0 Å². The molecule has 0 saturated carbocycles. The molecule has 0 N–H and O–H groups in total. The predicted molar refractivity (Wildman–Crippen MR) is 116 cm³/mol. The highest BCUT2D eigenvalue weighted by atomic mass is 16.6. The second-order valence-corrected chi connectivity index (χ2v) is 6.93. The number of aromatic nitrogens is 2. The highest BCUT2D eigenvalue weighted by Crippen LogP contribution is 2.26. The van der Waals surface area contributed by atoms with Gasteiger partial charge in [0.1, 0.15) is 6.61 Å². The molecule has 0 amide bonds. The quantitative estimate of drug-likeness (QED) is 0.249. The molecule has 0 atom stereocenters. The van der Waals surface area contributed by atoms with E-state index < -0.39 is 10.9 Å². The number of rotatable bonds is 6. The Morgan fingerprint density at radius 1 is 1.00 bits per heavy atom. The summed E-state index contributed by atoms with van der Waals surface area (Å²) in [5.74, 6) is -0.618. The smallest absolute Gasteiger partial charge is 0.338 e. The minimum absolute atomic E-state index is 0.0158. The van der Waals surface area contributed by atoms with Gasteiger partial charge >= 0.3 is 5.97 Å². The molecule has 7 heteroatoms. The summed E-state index contributed by atoms with van der Waals surface area (Å²) in [6.07, 6.45) is 1.82. The average Bonchev–Trinajstić information content (AvgIpc) is 3.23. The minimum atomic E-state index is -0.618. The predicted octanol–water partition coefficient (Wildman–Crippen LogP) is 5.11. The first-order valence-electron chi connectivity index (χ1n) is 9.65. The molecule has 31 heavy (non-hydrogen) atoms. The van der Waals surface area contributed by atoms with Crippen molar-refractivity contribution in [2.45, 2.75) is 13.5 Å². The zero-order chi connectivity index (χ0) is 21.8. The Kier molecular flexibility index (Phi) is 5.57. The Labute approximate surface area is 178 Å². The number of nitrogens with zero attached hydrogens (tertiary/aromatic N) is 3. The van der Waals surface area contributed by atoms with E-state index in [1.807, 2.05) is 66.9 Å². The lowest BCUT2D eigenvalue weighted by atomic mass is 10.1. The summed E-state index contributed by atoms with van der Waals surface area (Å²) in [7, 11) is 0. The Morgan fingerprint density at radius 3 is 2.35 bits per heavy atom. The van der Waals surface area contributed by atoms with Crippen molar-refractivity contribution in [2.24, 2.45) is 0 Å². The molecule has 3 aromatic carbocycles. The molecule has 4 aromatic rings. The number of carbonyl (C=O) groups is 1. The molecule has 0 radical (unpaired) electrons. The van der Waals surface area contributed by atoms with Crippen LogP contribution in [0.5, 0.6) is 0 Å². The van der Waals surface area contributed by atoms with Crippen LogP contribution < -0.4 is 0 Å². The topological polar surface area (TPSA) is 87.3 Å². The molecule has 0 bridgehead atoms. The van der Waals surface area contributed by atoms with Gasteiger partial charge in [0, 0.05) is 29.0 Å². The lowest BCUT2D eigenvalue weighted by molar-refractivity contribution is -0.385. The molecule has 154 valence electrons. The Balaban J connectivity index is 1.64. The van der Waals surface area contributed by atoms with Crippen molar-refractivity contribution < 1.29 is 14.5 Å². The fourth-order valence-corrected chi connectivity index (χ4v) is 3.33. The van der Waals surface area contributed by atoms with Gasteiger partial charge in [-0.3, -0.25) is 10.1 Å². The van der Waals surface area contributed by atoms with E-state index in [9.17, 15) is 14.9 Å². The summed E-state index contributed by atoms with van der Waals surface area (Å²) in [4.78, 5) is 23.3. The van der Waals surface area contributed by atoms with Crippen molar-refractivity contribution in [1.29, 1.82) is 0 Å². The second kappa shape index (κ2) is 8.62. The molecular formula is C24H19N3O4.